The summed E-state index contributed by atoms with van der Waals surface area (Å²) in [6.07, 6.45) is 7.37. The summed E-state index contributed by atoms with van der Waals surface area (Å²) in [5.41, 5.74) is 0. The normalized spacial score (nSPS) is 19.4. The molecule has 2 rings (SSSR count). The van der Waals surface area contributed by atoms with E-state index in [1.165, 1.54) is 0 Å². The average molecular weight is 238 g/mol. The molecule has 1 aromatic heterocycles. The summed E-state index contributed by atoms with van der Waals surface area (Å²) < 4.78 is 5.48. The van der Waals surface area contributed by atoms with Crippen LogP contribution in [-0.2, 0) is 4.74 Å². The van der Waals surface area contributed by atoms with E-state index in [-0.39, 0.29) is 6.10 Å². The predicted octanol–water partition coefficient (Wildman–Crippen LogP) is 0.942. The third-order valence-electron chi connectivity index (χ3n) is 2.32. The molecule has 1 aliphatic heterocycles. The first kappa shape index (κ1) is 11.2. The van der Waals surface area contributed by atoms with Crippen LogP contribution in [-0.4, -0.2) is 34.3 Å². The molecule has 2 heterocycles. The van der Waals surface area contributed by atoms with Gasteiger partial charge in [-0.3, -0.25) is 4.98 Å². The molecule has 1 fully saturated rings. The second-order valence-electron chi connectivity index (χ2n) is 3.56. The molecular formula is C10H14N4OS. The number of nitrogens with one attached hydrogen (secondary N) is 2. The van der Waals surface area contributed by atoms with Crippen LogP contribution >= 0.6 is 12.2 Å². The van der Waals surface area contributed by atoms with Crippen molar-refractivity contribution in [3.63, 3.8) is 0 Å². The van der Waals surface area contributed by atoms with Crippen molar-refractivity contribution in [2.75, 3.05) is 18.5 Å². The summed E-state index contributed by atoms with van der Waals surface area (Å²) in [7, 11) is 0. The third kappa shape index (κ3) is 3.39. The number of thiocarbonyl (C=S) groups is 1. The van der Waals surface area contributed by atoms with E-state index in [0.717, 1.165) is 26.0 Å². The molecule has 86 valence electrons. The summed E-state index contributed by atoms with van der Waals surface area (Å²) in [6, 6.07) is 0. The molecule has 0 aliphatic carbocycles. The Hall–Kier alpha value is -1.27. The summed E-state index contributed by atoms with van der Waals surface area (Å²) in [4.78, 5) is 8.00. The molecule has 1 unspecified atom stereocenters. The lowest BCUT2D eigenvalue weighted by Crippen LogP contribution is -2.35. The Morgan fingerprint density at radius 1 is 1.56 bits per heavy atom. The molecule has 0 bridgehead atoms. The Kier molecular flexibility index (Phi) is 4.01. The van der Waals surface area contributed by atoms with Gasteiger partial charge in [-0.25, -0.2) is 4.98 Å². The van der Waals surface area contributed by atoms with Crippen LogP contribution in [0.3, 0.4) is 0 Å². The number of aromatic nitrogens is 2. The molecule has 2 N–H and O–H groups in total. The third-order valence-corrected chi connectivity index (χ3v) is 2.57. The van der Waals surface area contributed by atoms with Crippen molar-refractivity contribution in [1.29, 1.82) is 0 Å². The SMILES string of the molecule is S=C(NCC1CCCO1)Nc1cnccn1. The van der Waals surface area contributed by atoms with E-state index in [1.807, 2.05) is 0 Å². The molecule has 5 nitrogen and oxygen atoms in total. The van der Waals surface area contributed by atoms with E-state index in [4.69, 9.17) is 17.0 Å². The van der Waals surface area contributed by atoms with Crippen molar-refractivity contribution in [1.82, 2.24) is 15.3 Å². The van der Waals surface area contributed by atoms with Crippen LogP contribution in [0.2, 0.25) is 0 Å². The number of nitrogens with zero attached hydrogens (tertiary/aromatic N) is 2. The van der Waals surface area contributed by atoms with Crippen molar-refractivity contribution in [3.8, 4) is 0 Å². The molecule has 0 spiro atoms. The van der Waals surface area contributed by atoms with Gasteiger partial charge in [-0.05, 0) is 25.1 Å². The number of hydrogen-bond acceptors (Lipinski definition) is 4. The smallest absolute Gasteiger partial charge is 0.172 e. The maximum Gasteiger partial charge on any atom is 0.172 e. The minimum Gasteiger partial charge on any atom is -0.376 e. The fraction of sp³-hybridized carbons (Fsp3) is 0.500. The second kappa shape index (κ2) is 5.72. The van der Waals surface area contributed by atoms with E-state index < -0.39 is 0 Å². The minimum absolute atomic E-state index is 0.279. The quantitative estimate of drug-likeness (QED) is 0.764. The van der Waals surface area contributed by atoms with Gasteiger partial charge in [-0.2, -0.15) is 0 Å². The highest BCUT2D eigenvalue weighted by molar-refractivity contribution is 7.80. The molecule has 16 heavy (non-hydrogen) atoms. The van der Waals surface area contributed by atoms with E-state index in [1.54, 1.807) is 18.6 Å². The number of anilines is 1. The first-order chi connectivity index (χ1) is 7.84. The van der Waals surface area contributed by atoms with Crippen molar-refractivity contribution < 1.29 is 4.74 Å². The Morgan fingerprint density at radius 2 is 2.50 bits per heavy atom. The maximum atomic E-state index is 5.48. The summed E-state index contributed by atoms with van der Waals surface area (Å²) in [5, 5.41) is 6.61. The van der Waals surface area contributed by atoms with Gasteiger partial charge in [0, 0.05) is 25.5 Å². The average Bonchev–Trinajstić information content (AvgIpc) is 2.81. The van der Waals surface area contributed by atoms with Gasteiger partial charge in [-0.15, -0.1) is 0 Å². The highest BCUT2D eigenvalue weighted by Crippen LogP contribution is 2.10. The van der Waals surface area contributed by atoms with Crippen LogP contribution in [0, 0.1) is 0 Å². The Labute approximate surface area is 99.6 Å². The molecule has 0 amide bonds. The largest absolute Gasteiger partial charge is 0.376 e. The fourth-order valence-electron chi connectivity index (χ4n) is 1.54. The molecule has 0 aromatic carbocycles. The van der Waals surface area contributed by atoms with E-state index in [0.29, 0.717) is 10.9 Å². The molecule has 1 aliphatic rings. The fourth-order valence-corrected chi connectivity index (χ4v) is 1.72. The van der Waals surface area contributed by atoms with Crippen molar-refractivity contribution in [2.45, 2.75) is 18.9 Å². The molecule has 1 aromatic rings. The summed E-state index contributed by atoms with van der Waals surface area (Å²) >= 11 is 5.13. The summed E-state index contributed by atoms with van der Waals surface area (Å²) in [5.74, 6) is 0.646. The minimum atomic E-state index is 0.279. The number of rotatable bonds is 3. The van der Waals surface area contributed by atoms with Crippen LogP contribution in [0.15, 0.2) is 18.6 Å². The number of ether oxygens (including phenoxy) is 1. The van der Waals surface area contributed by atoms with Crippen molar-refractivity contribution in [2.24, 2.45) is 0 Å². The Balaban J connectivity index is 1.72. The van der Waals surface area contributed by atoms with E-state index in [2.05, 4.69) is 20.6 Å². The van der Waals surface area contributed by atoms with Crippen LogP contribution in [0.1, 0.15) is 12.8 Å². The molecule has 1 saturated heterocycles. The maximum absolute atomic E-state index is 5.48. The Bertz CT molecular complexity index is 340. The zero-order chi connectivity index (χ0) is 11.2. The molecule has 6 heteroatoms. The first-order valence-corrected chi connectivity index (χ1v) is 5.68. The van der Waals surface area contributed by atoms with Gasteiger partial charge < -0.3 is 15.4 Å². The van der Waals surface area contributed by atoms with Crippen LogP contribution in [0.4, 0.5) is 5.82 Å². The number of hydrogen-bond donors (Lipinski definition) is 2. The van der Waals surface area contributed by atoms with Crippen LogP contribution in [0.25, 0.3) is 0 Å². The van der Waals surface area contributed by atoms with Gasteiger partial charge in [-0.1, -0.05) is 0 Å². The summed E-state index contributed by atoms with van der Waals surface area (Å²) in [6.45, 7) is 1.60. The zero-order valence-electron chi connectivity index (χ0n) is 8.85. The van der Waals surface area contributed by atoms with Crippen molar-refractivity contribution in [3.05, 3.63) is 18.6 Å². The Morgan fingerprint density at radius 3 is 3.19 bits per heavy atom. The lowest BCUT2D eigenvalue weighted by molar-refractivity contribution is 0.114. The van der Waals surface area contributed by atoms with Gasteiger partial charge in [0.1, 0.15) is 0 Å². The predicted molar refractivity (Wildman–Crippen MR) is 65.2 cm³/mol. The van der Waals surface area contributed by atoms with E-state index >= 15 is 0 Å². The molecule has 0 radical (unpaired) electrons. The van der Waals surface area contributed by atoms with Crippen molar-refractivity contribution >= 4 is 23.1 Å². The first-order valence-electron chi connectivity index (χ1n) is 5.27. The van der Waals surface area contributed by atoms with Gasteiger partial charge in [0.2, 0.25) is 0 Å². The van der Waals surface area contributed by atoms with Gasteiger partial charge in [0.15, 0.2) is 10.9 Å². The van der Waals surface area contributed by atoms with Crippen LogP contribution in [0.5, 0.6) is 0 Å². The van der Waals surface area contributed by atoms with Gasteiger partial charge in [0.25, 0.3) is 0 Å². The highest BCUT2D eigenvalue weighted by atomic mass is 32.1. The molecular weight excluding hydrogens is 224 g/mol. The van der Waals surface area contributed by atoms with Gasteiger partial charge in [0.05, 0.1) is 12.3 Å². The van der Waals surface area contributed by atoms with E-state index in [9.17, 15) is 0 Å². The lowest BCUT2D eigenvalue weighted by atomic mass is 10.2. The molecule has 1 atom stereocenters. The molecule has 0 saturated carbocycles. The topological polar surface area (TPSA) is 59.1 Å². The lowest BCUT2D eigenvalue weighted by Gasteiger charge is -2.13. The highest BCUT2D eigenvalue weighted by Gasteiger charge is 2.15. The van der Waals surface area contributed by atoms with Gasteiger partial charge >= 0.3 is 0 Å². The van der Waals surface area contributed by atoms with Crippen LogP contribution < -0.4 is 10.6 Å². The standard InChI is InChI=1S/C10H14N4OS/c16-10(13-6-8-2-1-5-15-8)14-9-7-11-3-4-12-9/h3-4,7-8H,1-2,5-6H2,(H2,12,13,14,16). The monoisotopic (exact) mass is 238 g/mol. The second-order valence-corrected chi connectivity index (χ2v) is 3.97. The zero-order valence-corrected chi connectivity index (χ0v) is 9.67.